The van der Waals surface area contributed by atoms with E-state index in [0.717, 1.165) is 25.7 Å². The van der Waals surface area contributed by atoms with Crippen molar-refractivity contribution < 1.29 is 43.1 Å². The molecule has 5 atom stereocenters. The van der Waals surface area contributed by atoms with Crippen LogP contribution < -0.4 is 5.32 Å². The third-order valence-electron chi connectivity index (χ3n) is 8.55. The summed E-state index contributed by atoms with van der Waals surface area (Å²) < 4.78 is 23.4. The Hall–Kier alpha value is -2.40. The standard InChI is InChI=1S/C44H77N2O8P/c1-6-8-10-11-12-13-14-15-16-17-21-29-35-43(49)42(39-54-55(51,52)53-38-37-46(3,4)5)45-44(50)36-30-22-19-18-20-26-32-41(48)34-28-24-23-27-33-40(47)31-25-9-7-2/h9,19-20,22-29,33-35,40-43,47-49H,6-8,10-18,21,30-32,36-39H2,1-5H3,(H-,45,50,51,52)/p+1/b22-19-,24-23-,25-9-,26-20-,33-27+,34-28+,35-29+/t40-,41+,42-,43+/m0/s1. The summed E-state index contributed by atoms with van der Waals surface area (Å²) in [6, 6.07) is -0.927. The van der Waals surface area contributed by atoms with Crippen LogP contribution in [0.2, 0.25) is 0 Å². The highest BCUT2D eigenvalue weighted by Crippen LogP contribution is 2.43. The largest absolute Gasteiger partial charge is 0.472 e. The molecule has 0 heterocycles. The molecule has 5 N–H and O–H groups in total. The molecule has 0 aromatic heterocycles. The van der Waals surface area contributed by atoms with Gasteiger partial charge in [0, 0.05) is 6.42 Å². The Balaban J connectivity index is 4.75. The molecular weight excluding hydrogens is 715 g/mol. The molecule has 0 aliphatic heterocycles. The van der Waals surface area contributed by atoms with E-state index in [9.17, 15) is 29.6 Å². The van der Waals surface area contributed by atoms with Crippen molar-refractivity contribution in [3.63, 3.8) is 0 Å². The summed E-state index contributed by atoms with van der Waals surface area (Å²) in [5.41, 5.74) is 0. The number of phosphoric ester groups is 1. The number of nitrogens with zero attached hydrogens (tertiary/aromatic N) is 1. The number of phosphoric acid groups is 1. The quantitative estimate of drug-likeness (QED) is 0.0141. The average Bonchev–Trinajstić information content (AvgIpc) is 3.12. The molecule has 0 aromatic carbocycles. The summed E-state index contributed by atoms with van der Waals surface area (Å²) in [7, 11) is 1.44. The van der Waals surface area contributed by atoms with Crippen LogP contribution >= 0.6 is 7.82 Å². The Kier molecular flexibility index (Phi) is 33.3. The van der Waals surface area contributed by atoms with E-state index in [-0.39, 0.29) is 25.5 Å². The van der Waals surface area contributed by atoms with Crippen molar-refractivity contribution >= 4 is 13.7 Å². The van der Waals surface area contributed by atoms with Crippen molar-refractivity contribution in [3.05, 3.63) is 85.1 Å². The molecule has 0 saturated heterocycles. The number of hydrogen-bond acceptors (Lipinski definition) is 7. The molecule has 1 amide bonds. The lowest BCUT2D eigenvalue weighted by molar-refractivity contribution is -0.870. The van der Waals surface area contributed by atoms with Crippen molar-refractivity contribution in [1.82, 2.24) is 5.32 Å². The number of allylic oxidation sites excluding steroid dienone is 9. The van der Waals surface area contributed by atoms with Crippen molar-refractivity contribution in [2.24, 2.45) is 0 Å². The van der Waals surface area contributed by atoms with Gasteiger partial charge in [0.05, 0.1) is 52.1 Å². The van der Waals surface area contributed by atoms with E-state index in [0.29, 0.717) is 36.7 Å². The van der Waals surface area contributed by atoms with Crippen molar-refractivity contribution in [3.8, 4) is 0 Å². The number of likely N-dealkylation sites (N-methyl/N-ethyl adjacent to an activating group) is 1. The molecule has 0 bridgehead atoms. The molecule has 0 fully saturated rings. The molecule has 0 radical (unpaired) electrons. The maximum atomic E-state index is 12.8. The Bertz CT molecular complexity index is 1200. The van der Waals surface area contributed by atoms with Crippen LogP contribution in [0.15, 0.2) is 85.1 Å². The molecule has 1 unspecified atom stereocenters. The van der Waals surface area contributed by atoms with E-state index in [2.05, 4.69) is 19.2 Å². The minimum Gasteiger partial charge on any atom is -0.389 e. The van der Waals surface area contributed by atoms with E-state index in [1.165, 1.54) is 51.4 Å². The Morgan fingerprint density at radius 1 is 0.691 bits per heavy atom. The second-order valence-corrected chi connectivity index (χ2v) is 16.5. The zero-order chi connectivity index (χ0) is 41.0. The van der Waals surface area contributed by atoms with Crippen LogP contribution in [-0.2, 0) is 18.4 Å². The zero-order valence-corrected chi connectivity index (χ0v) is 35.7. The van der Waals surface area contributed by atoms with Crippen molar-refractivity contribution in [1.29, 1.82) is 0 Å². The Morgan fingerprint density at radius 2 is 1.25 bits per heavy atom. The minimum atomic E-state index is -4.39. The molecule has 10 nitrogen and oxygen atoms in total. The first kappa shape index (κ1) is 52.6. The van der Waals surface area contributed by atoms with E-state index in [4.69, 9.17) is 9.05 Å². The summed E-state index contributed by atoms with van der Waals surface area (Å²) in [5.74, 6) is -0.311. The maximum absolute atomic E-state index is 12.8. The molecule has 55 heavy (non-hydrogen) atoms. The van der Waals surface area contributed by atoms with Crippen molar-refractivity contribution in [2.75, 3.05) is 40.9 Å². The maximum Gasteiger partial charge on any atom is 0.472 e. The first-order valence-electron chi connectivity index (χ1n) is 20.7. The molecular formula is C44H78N2O8P+. The smallest absolute Gasteiger partial charge is 0.389 e. The number of aliphatic hydroxyl groups is 3. The molecule has 0 aliphatic carbocycles. The highest BCUT2D eigenvalue weighted by molar-refractivity contribution is 7.47. The third kappa shape index (κ3) is 37.0. The predicted octanol–water partition coefficient (Wildman–Crippen LogP) is 8.96. The lowest BCUT2D eigenvalue weighted by Crippen LogP contribution is -2.45. The number of hydrogen-bond donors (Lipinski definition) is 5. The molecule has 0 spiro atoms. The Morgan fingerprint density at radius 3 is 1.84 bits per heavy atom. The minimum absolute atomic E-state index is 0.0232. The SMILES string of the molecule is CC/C=C\C[C@H](O)/C=C/C=C\C=C\[C@H](O)C/C=C\C/C=C\CCC(=O)N[C@@H](COP(=O)(O)OCC[N+](C)(C)C)[C@H](O)/C=C/CCCCCCCCCCCC. The van der Waals surface area contributed by atoms with Gasteiger partial charge in [0.15, 0.2) is 0 Å². The molecule has 0 aromatic rings. The van der Waals surface area contributed by atoms with Crippen molar-refractivity contribution in [2.45, 2.75) is 147 Å². The highest BCUT2D eigenvalue weighted by Gasteiger charge is 2.27. The second kappa shape index (κ2) is 34.8. The molecule has 0 saturated carbocycles. The van der Waals surface area contributed by atoms with Crippen LogP contribution in [0, 0.1) is 0 Å². The highest BCUT2D eigenvalue weighted by atomic mass is 31.2. The molecule has 0 aliphatic rings. The van der Waals surface area contributed by atoms with Gasteiger partial charge in [-0.3, -0.25) is 13.8 Å². The van der Waals surface area contributed by atoms with Gasteiger partial charge in [0.1, 0.15) is 13.2 Å². The summed E-state index contributed by atoms with van der Waals surface area (Å²) in [6.45, 7) is 4.43. The van der Waals surface area contributed by atoms with Crippen LogP contribution in [0.25, 0.3) is 0 Å². The van der Waals surface area contributed by atoms with Crippen LogP contribution in [0.4, 0.5) is 0 Å². The van der Waals surface area contributed by atoms with Gasteiger partial charge in [-0.2, -0.15) is 0 Å². The second-order valence-electron chi connectivity index (χ2n) is 15.0. The van der Waals surface area contributed by atoms with Crippen LogP contribution in [0.1, 0.15) is 123 Å². The zero-order valence-electron chi connectivity index (χ0n) is 34.9. The lowest BCUT2D eigenvalue weighted by atomic mass is 10.1. The topological polar surface area (TPSA) is 146 Å². The van der Waals surface area contributed by atoms with E-state index in [1.54, 1.807) is 36.5 Å². The fourth-order valence-corrected chi connectivity index (χ4v) is 5.91. The average molecular weight is 794 g/mol. The lowest BCUT2D eigenvalue weighted by Gasteiger charge is -2.25. The fourth-order valence-electron chi connectivity index (χ4n) is 5.18. The van der Waals surface area contributed by atoms with Crippen LogP contribution in [0.5, 0.6) is 0 Å². The normalized spacial score (nSPS) is 16.5. The van der Waals surface area contributed by atoms with Crippen LogP contribution in [0.3, 0.4) is 0 Å². The third-order valence-corrected chi connectivity index (χ3v) is 9.54. The summed E-state index contributed by atoms with van der Waals surface area (Å²) in [4.78, 5) is 23.0. The van der Waals surface area contributed by atoms with Gasteiger partial charge in [-0.15, -0.1) is 0 Å². The Labute approximate surface area is 334 Å². The molecule has 0 rings (SSSR count). The van der Waals surface area contributed by atoms with Gasteiger partial charge >= 0.3 is 7.82 Å². The van der Waals surface area contributed by atoms with Gasteiger partial charge in [-0.25, -0.2) is 4.57 Å². The van der Waals surface area contributed by atoms with Gasteiger partial charge in [-0.1, -0.05) is 157 Å². The van der Waals surface area contributed by atoms with Gasteiger partial charge in [0.25, 0.3) is 0 Å². The molecule has 316 valence electrons. The first-order chi connectivity index (χ1) is 26.3. The first-order valence-corrected chi connectivity index (χ1v) is 22.2. The number of carbonyl (C=O) groups is 1. The number of quaternary nitrogens is 1. The van der Waals surface area contributed by atoms with Gasteiger partial charge < -0.3 is 30.0 Å². The van der Waals surface area contributed by atoms with E-state index < -0.39 is 32.2 Å². The number of nitrogens with one attached hydrogen (secondary N) is 1. The monoisotopic (exact) mass is 794 g/mol. The fraction of sp³-hybridized carbons (Fsp3) is 0.659. The van der Waals surface area contributed by atoms with Gasteiger partial charge in [0.2, 0.25) is 5.91 Å². The predicted molar refractivity (Wildman–Crippen MR) is 228 cm³/mol. The number of rotatable bonds is 35. The number of amides is 1. The summed E-state index contributed by atoms with van der Waals surface area (Å²) in [6.07, 6.45) is 40.1. The van der Waals surface area contributed by atoms with E-state index in [1.807, 2.05) is 69.8 Å². The van der Waals surface area contributed by atoms with Crippen LogP contribution in [-0.4, -0.2) is 95.9 Å². The summed E-state index contributed by atoms with van der Waals surface area (Å²) in [5, 5.41) is 33.7. The number of unbranched alkanes of at least 4 members (excludes halogenated alkanes) is 10. The van der Waals surface area contributed by atoms with Gasteiger partial charge in [-0.05, 0) is 44.9 Å². The molecule has 11 heteroatoms. The number of aliphatic hydroxyl groups excluding tert-OH is 3. The number of carbonyl (C=O) groups excluding carboxylic acids is 1. The van der Waals surface area contributed by atoms with E-state index >= 15 is 0 Å². The summed E-state index contributed by atoms with van der Waals surface area (Å²) >= 11 is 0.